The van der Waals surface area contributed by atoms with Crippen molar-refractivity contribution in [1.29, 1.82) is 0 Å². The third-order valence-corrected chi connectivity index (χ3v) is 5.36. The Morgan fingerprint density at radius 1 is 0.879 bits per heavy atom. The van der Waals surface area contributed by atoms with Crippen molar-refractivity contribution in [2.75, 3.05) is 21.0 Å². The lowest BCUT2D eigenvalue weighted by Gasteiger charge is -2.15. The highest BCUT2D eigenvalue weighted by Gasteiger charge is 2.26. The number of para-hydroxylation sites is 1. The number of allylic oxidation sites excluding steroid dienone is 1. The van der Waals surface area contributed by atoms with Crippen molar-refractivity contribution in [2.45, 2.75) is 6.42 Å². The summed E-state index contributed by atoms with van der Waals surface area (Å²) in [4.78, 5) is 26.1. The molecule has 1 aliphatic rings. The lowest BCUT2D eigenvalue weighted by atomic mass is 9.89. The maximum atomic E-state index is 13.6. The number of benzene rings is 3. The average molecular weight is 446 g/mol. The molecule has 0 unspecified atom stereocenters. The van der Waals surface area contributed by atoms with E-state index >= 15 is 0 Å². The number of hydrogen-bond acceptors (Lipinski definition) is 6. The van der Waals surface area contributed by atoms with Gasteiger partial charge in [-0.25, -0.2) is 4.79 Å². The van der Waals surface area contributed by atoms with E-state index in [0.29, 0.717) is 39.7 Å². The number of carbonyl (C=O) groups excluding carboxylic acids is 1. The van der Waals surface area contributed by atoms with E-state index in [2.05, 4.69) is 0 Å². The molecule has 7 nitrogen and oxygen atoms in total. The van der Waals surface area contributed by atoms with Crippen LogP contribution in [0.1, 0.15) is 21.5 Å². The summed E-state index contributed by atoms with van der Waals surface area (Å²) in [5, 5.41) is 10.2. The lowest BCUT2D eigenvalue weighted by Crippen LogP contribution is -2.14. The fourth-order valence-electron chi connectivity index (χ4n) is 3.72. The Bertz CT molecular complexity index is 1230. The molecule has 0 atom stereocenters. The third kappa shape index (κ3) is 4.52. The van der Waals surface area contributed by atoms with E-state index in [-0.39, 0.29) is 24.4 Å². The summed E-state index contributed by atoms with van der Waals surface area (Å²) in [7, 11) is 3.06. The van der Waals surface area contributed by atoms with E-state index in [1.165, 1.54) is 14.2 Å². The summed E-state index contributed by atoms with van der Waals surface area (Å²) in [6, 6.07) is 18.6. The Labute approximate surface area is 190 Å². The van der Waals surface area contributed by atoms with Crippen LogP contribution in [0.15, 0.2) is 72.3 Å². The molecule has 0 amide bonds. The van der Waals surface area contributed by atoms with Crippen LogP contribution < -0.4 is 18.9 Å². The molecule has 3 aromatic rings. The zero-order valence-electron chi connectivity index (χ0n) is 18.2. The number of ketones is 1. The maximum Gasteiger partial charge on any atom is 0.336 e. The first kappa shape index (κ1) is 22.0. The molecule has 3 aromatic carbocycles. The van der Waals surface area contributed by atoms with Gasteiger partial charge >= 0.3 is 5.97 Å². The highest BCUT2D eigenvalue weighted by atomic mass is 16.7. The van der Waals surface area contributed by atoms with Crippen molar-refractivity contribution in [2.24, 2.45) is 0 Å². The smallest absolute Gasteiger partial charge is 0.336 e. The number of aliphatic carboxylic acids is 1. The molecule has 0 saturated heterocycles. The summed E-state index contributed by atoms with van der Waals surface area (Å²) >= 11 is 0. The normalized spacial score (nSPS) is 12.7. The van der Waals surface area contributed by atoms with Crippen molar-refractivity contribution in [3.05, 3.63) is 89.0 Å². The zero-order valence-corrected chi connectivity index (χ0v) is 18.2. The predicted molar refractivity (Wildman–Crippen MR) is 121 cm³/mol. The van der Waals surface area contributed by atoms with Crippen LogP contribution in [0.2, 0.25) is 0 Å². The molecule has 168 valence electrons. The van der Waals surface area contributed by atoms with Crippen LogP contribution in [0, 0.1) is 0 Å². The van der Waals surface area contributed by atoms with Gasteiger partial charge in [-0.1, -0.05) is 24.3 Å². The van der Waals surface area contributed by atoms with E-state index in [0.717, 1.165) is 0 Å². The second kappa shape index (κ2) is 9.48. The number of fused-ring (bicyclic) bond motifs is 1. The Morgan fingerprint density at radius 2 is 1.58 bits per heavy atom. The molecule has 0 radical (unpaired) electrons. The van der Waals surface area contributed by atoms with E-state index in [4.69, 9.17) is 18.9 Å². The van der Waals surface area contributed by atoms with Crippen LogP contribution in [0.5, 0.6) is 23.0 Å². The summed E-state index contributed by atoms with van der Waals surface area (Å²) in [5.41, 5.74) is 1.39. The van der Waals surface area contributed by atoms with Crippen molar-refractivity contribution < 1.29 is 33.6 Å². The van der Waals surface area contributed by atoms with Crippen molar-refractivity contribution in [3.63, 3.8) is 0 Å². The number of carboxylic acid groups (broad SMARTS) is 1. The lowest BCUT2D eigenvalue weighted by molar-refractivity contribution is -0.130. The molecule has 0 aliphatic carbocycles. The van der Waals surface area contributed by atoms with Crippen LogP contribution in [0.3, 0.4) is 0 Å². The summed E-state index contributed by atoms with van der Waals surface area (Å²) in [6.45, 7) is 0.0593. The number of carboxylic acids is 1. The highest BCUT2D eigenvalue weighted by Crippen LogP contribution is 2.36. The maximum absolute atomic E-state index is 13.6. The average Bonchev–Trinajstić information content (AvgIpc) is 3.31. The number of Topliss-reactive ketones (excluding diaryl/α,β-unsaturated/α-hetero) is 1. The van der Waals surface area contributed by atoms with Gasteiger partial charge in [0.2, 0.25) is 6.79 Å². The van der Waals surface area contributed by atoms with Gasteiger partial charge in [-0.3, -0.25) is 4.79 Å². The van der Waals surface area contributed by atoms with Crippen LogP contribution in [-0.4, -0.2) is 37.9 Å². The first-order valence-corrected chi connectivity index (χ1v) is 10.2. The minimum Gasteiger partial charge on any atom is -0.497 e. The monoisotopic (exact) mass is 446 g/mol. The van der Waals surface area contributed by atoms with Crippen LogP contribution in [-0.2, 0) is 11.2 Å². The Morgan fingerprint density at radius 3 is 2.27 bits per heavy atom. The minimum atomic E-state index is -1.22. The molecule has 1 N–H and O–H groups in total. The van der Waals surface area contributed by atoms with E-state index < -0.39 is 11.8 Å². The van der Waals surface area contributed by atoms with Gasteiger partial charge in [0.1, 0.15) is 11.5 Å². The van der Waals surface area contributed by atoms with Crippen molar-refractivity contribution in [3.8, 4) is 23.0 Å². The number of hydrogen-bond donors (Lipinski definition) is 1. The molecule has 33 heavy (non-hydrogen) atoms. The number of carbonyl (C=O) groups is 2. The second-order valence-electron chi connectivity index (χ2n) is 7.27. The van der Waals surface area contributed by atoms with Crippen LogP contribution in [0.25, 0.3) is 5.57 Å². The van der Waals surface area contributed by atoms with E-state index in [1.54, 1.807) is 54.6 Å². The molecule has 1 aliphatic heterocycles. The zero-order chi connectivity index (χ0) is 23.4. The van der Waals surface area contributed by atoms with Gasteiger partial charge in [0.05, 0.1) is 19.8 Å². The van der Waals surface area contributed by atoms with Gasteiger partial charge in [-0.05, 0) is 53.6 Å². The Kier molecular flexibility index (Phi) is 6.31. The fourth-order valence-corrected chi connectivity index (χ4v) is 3.72. The second-order valence-corrected chi connectivity index (χ2v) is 7.27. The molecule has 0 bridgehead atoms. The quantitative estimate of drug-likeness (QED) is 0.405. The number of methoxy groups -OCH3 is 2. The van der Waals surface area contributed by atoms with Gasteiger partial charge < -0.3 is 24.1 Å². The Balaban J connectivity index is 1.89. The number of ether oxygens (including phenoxy) is 4. The summed E-state index contributed by atoms with van der Waals surface area (Å²) < 4.78 is 21.4. The third-order valence-electron chi connectivity index (χ3n) is 5.36. The molecule has 7 heteroatoms. The van der Waals surface area contributed by atoms with Gasteiger partial charge in [0.25, 0.3) is 0 Å². The van der Waals surface area contributed by atoms with Crippen molar-refractivity contribution >= 4 is 17.3 Å². The fraction of sp³-hybridized carbons (Fsp3) is 0.154. The van der Waals surface area contributed by atoms with Gasteiger partial charge in [-0.15, -0.1) is 0 Å². The van der Waals surface area contributed by atoms with E-state index in [9.17, 15) is 14.7 Å². The molecule has 0 aromatic heterocycles. The summed E-state index contributed by atoms with van der Waals surface area (Å²) in [6.07, 6.45) is 0.0605. The topological polar surface area (TPSA) is 91.3 Å². The van der Waals surface area contributed by atoms with Crippen LogP contribution >= 0.6 is 0 Å². The first-order valence-electron chi connectivity index (χ1n) is 10.2. The minimum absolute atomic E-state index is 0.0593. The molecule has 0 spiro atoms. The SMILES string of the molecule is COc1ccc(C(=O)C(Cc2ccccc2OC)=C(C(=O)O)c2ccc3c(c2)OCO3)cc1. The molecule has 1 heterocycles. The largest absolute Gasteiger partial charge is 0.497 e. The van der Waals surface area contributed by atoms with Crippen molar-refractivity contribution in [1.82, 2.24) is 0 Å². The Hall–Kier alpha value is -4.26. The highest BCUT2D eigenvalue weighted by molar-refractivity contribution is 6.26. The van der Waals surface area contributed by atoms with Crippen LogP contribution in [0.4, 0.5) is 0 Å². The molecule has 0 fully saturated rings. The van der Waals surface area contributed by atoms with Gasteiger partial charge in [0, 0.05) is 17.6 Å². The molecule has 4 rings (SSSR count). The molecular formula is C26H22O7. The standard InChI is InChI=1S/C26H22O7/c1-30-19-10-7-16(8-11-19)25(27)20(13-17-5-3-4-6-21(17)31-2)24(26(28)29)18-9-12-22-23(14-18)33-15-32-22/h3-12,14H,13,15H2,1-2H3,(H,28,29). The molecular weight excluding hydrogens is 424 g/mol. The molecule has 0 saturated carbocycles. The van der Waals surface area contributed by atoms with Gasteiger partial charge in [-0.2, -0.15) is 0 Å². The number of rotatable bonds is 8. The van der Waals surface area contributed by atoms with E-state index in [1.807, 2.05) is 12.1 Å². The predicted octanol–water partition coefficient (Wildman–Crippen LogP) is 4.40. The summed E-state index contributed by atoms with van der Waals surface area (Å²) in [5.74, 6) is 0.485. The first-order chi connectivity index (χ1) is 16.0. The van der Waals surface area contributed by atoms with Gasteiger partial charge in [0.15, 0.2) is 17.3 Å².